The molecule has 27 heavy (non-hydrogen) atoms. The van der Waals surface area contributed by atoms with Gasteiger partial charge in [0.25, 0.3) is 0 Å². The molecule has 0 spiro atoms. The SMILES string of the molecule is Cc1cc(C)cc(Nc2ncc(F)c(-n3cc(CNCCO)c(C)n3)n2)c1. The van der Waals surface area contributed by atoms with E-state index in [4.69, 9.17) is 5.11 Å². The van der Waals surface area contributed by atoms with Gasteiger partial charge in [-0.1, -0.05) is 6.07 Å². The summed E-state index contributed by atoms with van der Waals surface area (Å²) in [5, 5.41) is 19.4. The molecule has 2 heterocycles. The van der Waals surface area contributed by atoms with Crippen LogP contribution in [0.3, 0.4) is 0 Å². The predicted molar refractivity (Wildman–Crippen MR) is 102 cm³/mol. The summed E-state index contributed by atoms with van der Waals surface area (Å²) in [6, 6.07) is 6.02. The molecule has 8 heteroatoms. The summed E-state index contributed by atoms with van der Waals surface area (Å²) in [6.07, 6.45) is 2.86. The Labute approximate surface area is 157 Å². The Morgan fingerprint density at radius 3 is 2.59 bits per heavy atom. The van der Waals surface area contributed by atoms with Gasteiger partial charge in [-0.2, -0.15) is 10.1 Å². The van der Waals surface area contributed by atoms with Crippen molar-refractivity contribution in [1.82, 2.24) is 25.1 Å². The Morgan fingerprint density at radius 1 is 1.15 bits per heavy atom. The molecule has 0 saturated heterocycles. The molecule has 2 aromatic heterocycles. The first kappa shape index (κ1) is 18.9. The first-order chi connectivity index (χ1) is 13.0. The first-order valence-electron chi connectivity index (χ1n) is 8.71. The van der Waals surface area contributed by atoms with Gasteiger partial charge in [0.15, 0.2) is 11.6 Å². The molecule has 0 atom stereocenters. The van der Waals surface area contributed by atoms with E-state index in [-0.39, 0.29) is 12.4 Å². The monoisotopic (exact) mass is 370 g/mol. The lowest BCUT2D eigenvalue weighted by molar-refractivity contribution is 0.292. The van der Waals surface area contributed by atoms with Gasteiger partial charge in [-0.15, -0.1) is 0 Å². The van der Waals surface area contributed by atoms with Gasteiger partial charge in [-0.3, -0.25) is 0 Å². The molecule has 0 saturated carbocycles. The summed E-state index contributed by atoms with van der Waals surface area (Å²) in [4.78, 5) is 8.32. The summed E-state index contributed by atoms with van der Waals surface area (Å²) in [6.45, 7) is 6.94. The minimum absolute atomic E-state index is 0.0567. The van der Waals surface area contributed by atoms with Gasteiger partial charge in [-0.05, 0) is 44.0 Å². The van der Waals surface area contributed by atoms with Crippen molar-refractivity contribution in [1.29, 1.82) is 0 Å². The summed E-state index contributed by atoms with van der Waals surface area (Å²) < 4.78 is 15.7. The number of aromatic nitrogens is 4. The molecule has 0 bridgehead atoms. The molecular formula is C19H23FN6O. The van der Waals surface area contributed by atoms with Gasteiger partial charge in [0.2, 0.25) is 5.95 Å². The van der Waals surface area contributed by atoms with E-state index in [0.717, 1.165) is 34.3 Å². The van der Waals surface area contributed by atoms with Crippen LogP contribution in [0, 0.1) is 26.6 Å². The standard InChI is InChI=1S/C19H23FN6O/c1-12-6-13(2)8-16(7-12)23-19-22-10-17(20)18(24-19)26-11-15(14(3)25-26)9-21-4-5-27/h6-8,10-11,21,27H,4-5,9H2,1-3H3,(H,22,23,24). The zero-order valence-electron chi connectivity index (χ0n) is 15.6. The number of aliphatic hydroxyl groups is 1. The summed E-state index contributed by atoms with van der Waals surface area (Å²) in [5.74, 6) is -0.184. The number of anilines is 2. The highest BCUT2D eigenvalue weighted by Gasteiger charge is 2.13. The van der Waals surface area contributed by atoms with Gasteiger partial charge in [0, 0.05) is 30.5 Å². The smallest absolute Gasteiger partial charge is 0.229 e. The average Bonchev–Trinajstić information content (AvgIpc) is 2.97. The fraction of sp³-hybridized carbons (Fsp3) is 0.316. The number of rotatable bonds is 7. The second-order valence-corrected chi connectivity index (χ2v) is 6.45. The van der Waals surface area contributed by atoms with E-state index in [2.05, 4.69) is 31.8 Å². The van der Waals surface area contributed by atoms with Crippen LogP contribution in [0.5, 0.6) is 0 Å². The highest BCUT2D eigenvalue weighted by molar-refractivity contribution is 5.56. The summed E-state index contributed by atoms with van der Waals surface area (Å²) >= 11 is 0. The van der Waals surface area contributed by atoms with Crippen molar-refractivity contribution in [2.75, 3.05) is 18.5 Å². The van der Waals surface area contributed by atoms with Crippen molar-refractivity contribution >= 4 is 11.6 Å². The van der Waals surface area contributed by atoms with Gasteiger partial charge >= 0.3 is 0 Å². The molecule has 0 fully saturated rings. The van der Waals surface area contributed by atoms with Crippen LogP contribution in [0.15, 0.2) is 30.6 Å². The molecule has 3 aromatic rings. The van der Waals surface area contributed by atoms with Crippen LogP contribution < -0.4 is 10.6 Å². The maximum absolute atomic E-state index is 14.3. The molecule has 3 N–H and O–H groups in total. The van der Waals surface area contributed by atoms with E-state index in [1.54, 1.807) is 6.20 Å². The Morgan fingerprint density at radius 2 is 1.89 bits per heavy atom. The van der Waals surface area contributed by atoms with E-state index >= 15 is 0 Å². The molecule has 3 rings (SSSR count). The number of hydrogen-bond acceptors (Lipinski definition) is 6. The van der Waals surface area contributed by atoms with E-state index < -0.39 is 5.82 Å². The van der Waals surface area contributed by atoms with E-state index in [0.29, 0.717) is 19.0 Å². The Balaban J connectivity index is 1.86. The van der Waals surface area contributed by atoms with Crippen LogP contribution in [0.1, 0.15) is 22.4 Å². The van der Waals surface area contributed by atoms with Crippen LogP contribution in [-0.4, -0.2) is 38.0 Å². The lowest BCUT2D eigenvalue weighted by Gasteiger charge is -2.09. The quantitative estimate of drug-likeness (QED) is 0.554. The first-order valence-corrected chi connectivity index (χ1v) is 8.71. The van der Waals surface area contributed by atoms with Crippen LogP contribution in [0.4, 0.5) is 16.0 Å². The molecule has 0 amide bonds. The molecule has 0 aliphatic rings. The van der Waals surface area contributed by atoms with Crippen LogP contribution in [-0.2, 0) is 6.54 Å². The molecule has 0 aliphatic carbocycles. The van der Waals surface area contributed by atoms with E-state index in [1.807, 2.05) is 32.9 Å². The zero-order chi connectivity index (χ0) is 19.4. The van der Waals surface area contributed by atoms with Crippen molar-refractivity contribution in [3.63, 3.8) is 0 Å². The van der Waals surface area contributed by atoms with Crippen molar-refractivity contribution in [3.8, 4) is 5.82 Å². The number of aliphatic hydroxyl groups excluding tert-OH is 1. The third-order valence-electron chi connectivity index (χ3n) is 4.03. The van der Waals surface area contributed by atoms with Crippen LogP contribution in [0.2, 0.25) is 0 Å². The third kappa shape index (κ3) is 4.66. The molecule has 0 aliphatic heterocycles. The van der Waals surface area contributed by atoms with Crippen molar-refractivity contribution in [2.45, 2.75) is 27.3 Å². The van der Waals surface area contributed by atoms with Crippen LogP contribution >= 0.6 is 0 Å². The maximum Gasteiger partial charge on any atom is 0.229 e. The zero-order valence-corrected chi connectivity index (χ0v) is 15.6. The van der Waals surface area contributed by atoms with Crippen LogP contribution in [0.25, 0.3) is 5.82 Å². The summed E-state index contributed by atoms with van der Waals surface area (Å²) in [7, 11) is 0. The number of nitrogens with one attached hydrogen (secondary N) is 2. The lowest BCUT2D eigenvalue weighted by Crippen LogP contribution is -2.17. The number of aryl methyl sites for hydroxylation is 3. The van der Waals surface area contributed by atoms with E-state index in [1.165, 1.54) is 4.68 Å². The molecule has 0 unspecified atom stereocenters. The fourth-order valence-electron chi connectivity index (χ4n) is 2.83. The maximum atomic E-state index is 14.3. The highest BCUT2D eigenvalue weighted by Crippen LogP contribution is 2.19. The van der Waals surface area contributed by atoms with Gasteiger partial charge < -0.3 is 15.7 Å². The van der Waals surface area contributed by atoms with Gasteiger partial charge in [-0.25, -0.2) is 14.1 Å². The highest BCUT2D eigenvalue weighted by atomic mass is 19.1. The summed E-state index contributed by atoms with van der Waals surface area (Å²) in [5.41, 5.74) is 4.74. The molecule has 142 valence electrons. The van der Waals surface area contributed by atoms with Crippen molar-refractivity contribution in [2.24, 2.45) is 0 Å². The molecule has 0 radical (unpaired) electrons. The molecule has 1 aromatic carbocycles. The second-order valence-electron chi connectivity index (χ2n) is 6.45. The normalized spacial score (nSPS) is 11.0. The average molecular weight is 370 g/mol. The third-order valence-corrected chi connectivity index (χ3v) is 4.03. The fourth-order valence-corrected chi connectivity index (χ4v) is 2.83. The van der Waals surface area contributed by atoms with Crippen molar-refractivity contribution in [3.05, 3.63) is 58.8 Å². The minimum Gasteiger partial charge on any atom is -0.395 e. The predicted octanol–water partition coefficient (Wildman–Crippen LogP) is 2.55. The molecular weight excluding hydrogens is 347 g/mol. The largest absolute Gasteiger partial charge is 0.395 e. The second kappa shape index (κ2) is 8.24. The van der Waals surface area contributed by atoms with E-state index in [9.17, 15) is 4.39 Å². The Bertz CT molecular complexity index is 920. The van der Waals surface area contributed by atoms with Gasteiger partial charge in [0.1, 0.15) is 0 Å². The number of hydrogen-bond donors (Lipinski definition) is 3. The Hall–Kier alpha value is -2.84. The number of nitrogens with zero attached hydrogens (tertiary/aromatic N) is 4. The van der Waals surface area contributed by atoms with Gasteiger partial charge in [0.05, 0.1) is 18.5 Å². The lowest BCUT2D eigenvalue weighted by atomic mass is 10.1. The number of halogens is 1. The molecule has 7 nitrogen and oxygen atoms in total. The topological polar surface area (TPSA) is 87.9 Å². The van der Waals surface area contributed by atoms with Crippen molar-refractivity contribution < 1.29 is 9.50 Å². The minimum atomic E-state index is -0.557. The Kier molecular flexibility index (Phi) is 5.78. The number of benzene rings is 1.